The molecule has 0 rings (SSSR count). The number of carbonyl (C=O) groups excluding carboxylic acids is 1. The predicted octanol–water partition coefficient (Wildman–Crippen LogP) is 0.179. The van der Waals surface area contributed by atoms with Gasteiger partial charge in [-0.1, -0.05) is 5.92 Å². The Balaban J connectivity index is 0. The summed E-state index contributed by atoms with van der Waals surface area (Å²) in [7, 11) is 0. The number of esters is 1. The Morgan fingerprint density at radius 1 is 1.82 bits per heavy atom. The van der Waals surface area contributed by atoms with Crippen LogP contribution in [0.2, 0.25) is 0 Å². The van der Waals surface area contributed by atoms with Gasteiger partial charge in [-0.05, 0) is 6.92 Å². The van der Waals surface area contributed by atoms with Crippen molar-refractivity contribution in [2.75, 3.05) is 13.2 Å². The van der Waals surface area contributed by atoms with Crippen LogP contribution in [-0.2, 0) is 9.53 Å². The summed E-state index contributed by atoms with van der Waals surface area (Å²) < 4.78 is 4.62. The molecule has 0 aromatic rings. The lowest BCUT2D eigenvalue weighted by atomic mass is 10.2. The molecule has 0 fully saturated rings. The van der Waals surface area contributed by atoms with Crippen molar-refractivity contribution in [3.63, 3.8) is 0 Å². The SMILES string of the molecule is C#C[C@@H](CN)C(=O)OCC.Cl. The molecule has 0 aromatic heterocycles. The van der Waals surface area contributed by atoms with Gasteiger partial charge in [0, 0.05) is 6.54 Å². The molecule has 0 spiro atoms. The molecule has 0 aliphatic heterocycles. The minimum absolute atomic E-state index is 0. The second-order valence-corrected chi connectivity index (χ2v) is 1.71. The van der Waals surface area contributed by atoms with Gasteiger partial charge in [-0.2, -0.15) is 0 Å². The first-order valence-corrected chi connectivity index (χ1v) is 3.09. The summed E-state index contributed by atoms with van der Waals surface area (Å²) >= 11 is 0. The van der Waals surface area contributed by atoms with Crippen LogP contribution in [0.5, 0.6) is 0 Å². The topological polar surface area (TPSA) is 52.3 Å². The molecule has 0 amide bonds. The molecule has 2 N–H and O–H groups in total. The lowest BCUT2D eigenvalue weighted by molar-refractivity contribution is -0.145. The minimum Gasteiger partial charge on any atom is -0.465 e. The van der Waals surface area contributed by atoms with Gasteiger partial charge in [0.15, 0.2) is 0 Å². The van der Waals surface area contributed by atoms with Gasteiger partial charge in [-0.25, -0.2) is 0 Å². The highest BCUT2D eigenvalue weighted by molar-refractivity contribution is 5.85. The lowest BCUT2D eigenvalue weighted by Crippen LogP contribution is -2.24. The molecule has 0 radical (unpaired) electrons. The van der Waals surface area contributed by atoms with Gasteiger partial charge in [0.05, 0.1) is 6.61 Å². The quantitative estimate of drug-likeness (QED) is 0.494. The average molecular weight is 178 g/mol. The number of rotatable bonds is 3. The Morgan fingerprint density at radius 3 is 2.64 bits per heavy atom. The van der Waals surface area contributed by atoms with Gasteiger partial charge in [-0.15, -0.1) is 18.8 Å². The van der Waals surface area contributed by atoms with Crippen molar-refractivity contribution in [2.45, 2.75) is 6.92 Å². The summed E-state index contributed by atoms with van der Waals surface area (Å²) in [5, 5.41) is 0. The van der Waals surface area contributed by atoms with Crippen LogP contribution in [-0.4, -0.2) is 19.1 Å². The molecule has 0 saturated carbocycles. The first-order chi connectivity index (χ1) is 4.76. The second-order valence-electron chi connectivity index (χ2n) is 1.71. The molecule has 0 saturated heterocycles. The van der Waals surface area contributed by atoms with E-state index >= 15 is 0 Å². The van der Waals surface area contributed by atoms with Crippen LogP contribution in [0.15, 0.2) is 0 Å². The maximum Gasteiger partial charge on any atom is 0.322 e. The molecule has 0 aromatic carbocycles. The minimum atomic E-state index is -0.583. The van der Waals surface area contributed by atoms with Crippen molar-refractivity contribution in [1.82, 2.24) is 0 Å². The molecule has 0 heterocycles. The largest absolute Gasteiger partial charge is 0.465 e. The molecular weight excluding hydrogens is 166 g/mol. The summed E-state index contributed by atoms with van der Waals surface area (Å²) in [6.07, 6.45) is 4.98. The van der Waals surface area contributed by atoms with Crippen molar-refractivity contribution in [3.05, 3.63) is 0 Å². The van der Waals surface area contributed by atoms with E-state index in [1.54, 1.807) is 6.92 Å². The first-order valence-electron chi connectivity index (χ1n) is 3.09. The number of hydrogen-bond acceptors (Lipinski definition) is 3. The maximum atomic E-state index is 10.8. The Hall–Kier alpha value is -0.720. The molecule has 11 heavy (non-hydrogen) atoms. The standard InChI is InChI=1S/C7H11NO2.ClH/c1-3-6(5-8)7(9)10-4-2;/h1,6H,4-5,8H2,2H3;1H/t6-;/m0./s1. The molecule has 0 aliphatic carbocycles. The van der Waals surface area contributed by atoms with Crippen LogP contribution in [0.3, 0.4) is 0 Å². The molecule has 1 atom stereocenters. The van der Waals surface area contributed by atoms with Crippen LogP contribution in [0.25, 0.3) is 0 Å². The second kappa shape index (κ2) is 7.39. The van der Waals surface area contributed by atoms with Gasteiger partial charge in [0.1, 0.15) is 5.92 Å². The Morgan fingerprint density at radius 2 is 2.36 bits per heavy atom. The Labute approximate surface area is 72.7 Å². The molecule has 0 unspecified atom stereocenters. The molecular formula is C7H12ClNO2. The third kappa shape index (κ3) is 4.65. The predicted molar refractivity (Wildman–Crippen MR) is 45.3 cm³/mol. The van der Waals surface area contributed by atoms with Crippen LogP contribution in [0.1, 0.15) is 6.92 Å². The number of ether oxygens (including phenoxy) is 1. The van der Waals surface area contributed by atoms with E-state index in [2.05, 4.69) is 10.7 Å². The fraction of sp³-hybridized carbons (Fsp3) is 0.571. The zero-order chi connectivity index (χ0) is 7.98. The van der Waals surface area contributed by atoms with E-state index in [0.717, 1.165) is 0 Å². The van der Waals surface area contributed by atoms with Gasteiger partial charge >= 0.3 is 5.97 Å². The van der Waals surface area contributed by atoms with E-state index in [9.17, 15) is 4.79 Å². The van der Waals surface area contributed by atoms with Crippen molar-refractivity contribution in [3.8, 4) is 12.3 Å². The molecule has 3 nitrogen and oxygen atoms in total. The third-order valence-corrected chi connectivity index (χ3v) is 1.01. The van der Waals surface area contributed by atoms with Crippen molar-refractivity contribution in [2.24, 2.45) is 11.7 Å². The number of hydrogen-bond donors (Lipinski definition) is 1. The number of halogens is 1. The van der Waals surface area contributed by atoms with Crippen molar-refractivity contribution in [1.29, 1.82) is 0 Å². The van der Waals surface area contributed by atoms with E-state index < -0.39 is 11.9 Å². The van der Waals surface area contributed by atoms with Gasteiger partial charge in [0.25, 0.3) is 0 Å². The zero-order valence-corrected chi connectivity index (χ0v) is 7.19. The van der Waals surface area contributed by atoms with Crippen LogP contribution >= 0.6 is 12.4 Å². The third-order valence-electron chi connectivity index (χ3n) is 1.01. The van der Waals surface area contributed by atoms with E-state index in [0.29, 0.717) is 6.61 Å². The number of terminal acetylenes is 1. The number of carbonyl (C=O) groups is 1. The normalized spacial score (nSPS) is 10.6. The maximum absolute atomic E-state index is 10.8. The van der Waals surface area contributed by atoms with Crippen LogP contribution in [0, 0.1) is 18.3 Å². The highest BCUT2D eigenvalue weighted by Crippen LogP contribution is 1.94. The molecule has 4 heteroatoms. The Kier molecular flexibility index (Phi) is 8.67. The summed E-state index contributed by atoms with van der Waals surface area (Å²) in [5.41, 5.74) is 5.17. The first kappa shape index (κ1) is 12.9. The van der Waals surface area contributed by atoms with E-state index in [-0.39, 0.29) is 19.0 Å². The number of nitrogens with two attached hydrogens (primary N) is 1. The highest BCUT2D eigenvalue weighted by Gasteiger charge is 2.13. The van der Waals surface area contributed by atoms with Crippen molar-refractivity contribution >= 4 is 18.4 Å². The molecule has 0 bridgehead atoms. The molecule has 0 aliphatic rings. The fourth-order valence-corrected chi connectivity index (χ4v) is 0.475. The van der Waals surface area contributed by atoms with Gasteiger partial charge in [-0.3, -0.25) is 4.79 Å². The summed E-state index contributed by atoms with van der Waals surface area (Å²) in [6.45, 7) is 2.22. The molecule has 64 valence electrons. The van der Waals surface area contributed by atoms with Crippen molar-refractivity contribution < 1.29 is 9.53 Å². The monoisotopic (exact) mass is 177 g/mol. The Bertz CT molecular complexity index is 153. The van der Waals surface area contributed by atoms with Gasteiger partial charge in [0.2, 0.25) is 0 Å². The average Bonchev–Trinajstić information content (AvgIpc) is 1.91. The highest BCUT2D eigenvalue weighted by atomic mass is 35.5. The summed E-state index contributed by atoms with van der Waals surface area (Å²) in [4.78, 5) is 10.8. The van der Waals surface area contributed by atoms with Gasteiger partial charge < -0.3 is 10.5 Å². The van der Waals surface area contributed by atoms with E-state index in [1.807, 2.05) is 0 Å². The lowest BCUT2D eigenvalue weighted by Gasteiger charge is -2.05. The van der Waals surface area contributed by atoms with Crippen LogP contribution < -0.4 is 5.73 Å². The van der Waals surface area contributed by atoms with E-state index in [1.165, 1.54) is 0 Å². The zero-order valence-electron chi connectivity index (χ0n) is 6.37. The fourth-order valence-electron chi connectivity index (χ4n) is 0.475. The smallest absolute Gasteiger partial charge is 0.322 e. The summed E-state index contributed by atoms with van der Waals surface area (Å²) in [6, 6.07) is 0. The summed E-state index contributed by atoms with van der Waals surface area (Å²) in [5.74, 6) is 1.24. The van der Waals surface area contributed by atoms with E-state index in [4.69, 9.17) is 12.2 Å². The van der Waals surface area contributed by atoms with Crippen LogP contribution in [0.4, 0.5) is 0 Å².